The Morgan fingerprint density at radius 1 is 1.17 bits per heavy atom. The molecule has 2 aromatic rings. The zero-order chi connectivity index (χ0) is 21.1. The Kier molecular flexibility index (Phi) is 6.02. The third-order valence-corrected chi connectivity index (χ3v) is 6.40. The summed E-state index contributed by atoms with van der Waals surface area (Å²) in [6, 6.07) is 7.70. The molecular formula is C24H29N3O3. The number of aromatic nitrogens is 1. The fourth-order valence-electron chi connectivity index (χ4n) is 4.78. The van der Waals surface area contributed by atoms with Crippen LogP contribution in [0.2, 0.25) is 0 Å². The van der Waals surface area contributed by atoms with Crippen molar-refractivity contribution in [2.75, 3.05) is 6.54 Å². The summed E-state index contributed by atoms with van der Waals surface area (Å²) in [6.07, 6.45) is 7.97. The first-order valence-electron chi connectivity index (χ1n) is 10.9. The molecule has 0 spiro atoms. The van der Waals surface area contributed by atoms with Crippen molar-refractivity contribution in [2.45, 2.75) is 57.5 Å². The fourth-order valence-corrected chi connectivity index (χ4v) is 4.78. The highest BCUT2D eigenvalue weighted by atomic mass is 16.2. The molecule has 1 aliphatic heterocycles. The second-order valence-electron chi connectivity index (χ2n) is 8.48. The molecule has 0 atom stereocenters. The standard InChI is InChI=1S/C24H29N3O3/c1-2-20(28)13-16-5-3-7-19(8-4-6-16)26-23(29)18-10-9-17-14-22-24(30)25-11-12-27(22)21(17)15-18/h2,9-10,14-16,19H,1,3-8,11-13H2,(H,25,30)(H,26,29). The Labute approximate surface area is 176 Å². The molecule has 30 heavy (non-hydrogen) atoms. The van der Waals surface area contributed by atoms with Gasteiger partial charge in [-0.15, -0.1) is 0 Å². The third kappa shape index (κ3) is 4.32. The molecule has 4 rings (SSSR count). The average molecular weight is 408 g/mol. The van der Waals surface area contributed by atoms with E-state index in [1.54, 1.807) is 0 Å². The number of nitrogens with one attached hydrogen (secondary N) is 2. The number of hydrogen-bond donors (Lipinski definition) is 2. The van der Waals surface area contributed by atoms with Gasteiger partial charge >= 0.3 is 0 Å². The molecule has 1 saturated carbocycles. The second-order valence-corrected chi connectivity index (χ2v) is 8.48. The van der Waals surface area contributed by atoms with Crippen molar-refractivity contribution in [1.82, 2.24) is 15.2 Å². The number of fused-ring (bicyclic) bond motifs is 3. The van der Waals surface area contributed by atoms with Crippen LogP contribution in [0.5, 0.6) is 0 Å². The highest BCUT2D eigenvalue weighted by Crippen LogP contribution is 2.26. The Morgan fingerprint density at radius 3 is 2.67 bits per heavy atom. The van der Waals surface area contributed by atoms with Crippen molar-refractivity contribution >= 4 is 28.5 Å². The molecule has 1 aliphatic carbocycles. The predicted molar refractivity (Wildman–Crippen MR) is 117 cm³/mol. The van der Waals surface area contributed by atoms with E-state index < -0.39 is 0 Å². The van der Waals surface area contributed by atoms with E-state index in [0.29, 0.717) is 36.7 Å². The predicted octanol–water partition coefficient (Wildman–Crippen LogP) is 3.60. The quantitative estimate of drug-likeness (QED) is 0.743. The lowest BCUT2D eigenvalue weighted by atomic mass is 9.86. The number of rotatable bonds is 5. The molecule has 2 aliphatic rings. The van der Waals surface area contributed by atoms with Gasteiger partial charge in [0.25, 0.3) is 11.8 Å². The van der Waals surface area contributed by atoms with Crippen molar-refractivity contribution in [3.05, 3.63) is 48.2 Å². The van der Waals surface area contributed by atoms with Crippen LogP contribution in [0.3, 0.4) is 0 Å². The Balaban J connectivity index is 1.40. The summed E-state index contributed by atoms with van der Waals surface area (Å²) >= 11 is 0. The van der Waals surface area contributed by atoms with Gasteiger partial charge in [-0.3, -0.25) is 14.4 Å². The summed E-state index contributed by atoms with van der Waals surface area (Å²) in [5.74, 6) is 0.445. The topological polar surface area (TPSA) is 80.2 Å². The Bertz CT molecular complexity index is 981. The van der Waals surface area contributed by atoms with Crippen LogP contribution in [0.4, 0.5) is 0 Å². The van der Waals surface area contributed by atoms with E-state index in [2.05, 4.69) is 17.2 Å². The molecule has 158 valence electrons. The molecule has 0 radical (unpaired) electrons. The molecule has 0 unspecified atom stereocenters. The van der Waals surface area contributed by atoms with Gasteiger partial charge in [-0.2, -0.15) is 0 Å². The van der Waals surface area contributed by atoms with Crippen LogP contribution < -0.4 is 10.6 Å². The largest absolute Gasteiger partial charge is 0.349 e. The van der Waals surface area contributed by atoms with Gasteiger partial charge < -0.3 is 15.2 Å². The smallest absolute Gasteiger partial charge is 0.268 e. The Hall–Kier alpha value is -2.89. The summed E-state index contributed by atoms with van der Waals surface area (Å²) in [4.78, 5) is 36.6. The minimum Gasteiger partial charge on any atom is -0.349 e. The maximum atomic E-state index is 12.9. The first-order valence-corrected chi connectivity index (χ1v) is 10.9. The van der Waals surface area contributed by atoms with E-state index in [4.69, 9.17) is 0 Å². The lowest BCUT2D eigenvalue weighted by molar-refractivity contribution is -0.115. The van der Waals surface area contributed by atoms with E-state index in [0.717, 1.165) is 49.4 Å². The highest BCUT2D eigenvalue weighted by molar-refractivity contribution is 6.02. The number of nitrogens with zero attached hydrogens (tertiary/aromatic N) is 1. The summed E-state index contributed by atoms with van der Waals surface area (Å²) in [6.45, 7) is 4.89. The summed E-state index contributed by atoms with van der Waals surface area (Å²) in [5.41, 5.74) is 2.21. The van der Waals surface area contributed by atoms with Gasteiger partial charge in [0.2, 0.25) is 0 Å². The van der Waals surface area contributed by atoms with Crippen molar-refractivity contribution < 1.29 is 14.4 Å². The van der Waals surface area contributed by atoms with Gasteiger partial charge in [0.15, 0.2) is 5.78 Å². The van der Waals surface area contributed by atoms with Crippen LogP contribution in [0, 0.1) is 5.92 Å². The third-order valence-electron chi connectivity index (χ3n) is 6.40. The monoisotopic (exact) mass is 407 g/mol. The normalized spacial score (nSPS) is 21.8. The molecule has 6 heteroatoms. The van der Waals surface area contributed by atoms with Gasteiger partial charge in [-0.1, -0.05) is 25.5 Å². The SMILES string of the molecule is C=CC(=O)CC1CCCC(NC(=O)c2ccc3cc4n(c3c2)CCNC4=O)CCC1. The highest BCUT2D eigenvalue weighted by Gasteiger charge is 2.22. The number of hydrogen-bond acceptors (Lipinski definition) is 3. The Morgan fingerprint density at radius 2 is 1.93 bits per heavy atom. The lowest BCUT2D eigenvalue weighted by Crippen LogP contribution is -2.36. The van der Waals surface area contributed by atoms with Gasteiger partial charge in [-0.25, -0.2) is 0 Å². The van der Waals surface area contributed by atoms with E-state index in [-0.39, 0.29) is 23.6 Å². The van der Waals surface area contributed by atoms with Gasteiger partial charge in [0.05, 0.1) is 0 Å². The second kappa shape index (κ2) is 8.86. The molecule has 1 aromatic carbocycles. The first kappa shape index (κ1) is 20.4. The molecular weight excluding hydrogens is 378 g/mol. The van der Waals surface area contributed by atoms with Crippen LogP contribution in [0.15, 0.2) is 36.9 Å². The van der Waals surface area contributed by atoms with E-state index in [1.807, 2.05) is 28.8 Å². The van der Waals surface area contributed by atoms with E-state index in [1.165, 1.54) is 6.08 Å². The van der Waals surface area contributed by atoms with Gasteiger partial charge in [0.1, 0.15) is 5.69 Å². The molecule has 1 fully saturated rings. The van der Waals surface area contributed by atoms with E-state index >= 15 is 0 Å². The lowest BCUT2D eigenvalue weighted by Gasteiger charge is -2.25. The van der Waals surface area contributed by atoms with Gasteiger partial charge in [-0.05, 0) is 55.9 Å². The number of allylic oxidation sites excluding steroid dienone is 1. The number of carbonyl (C=O) groups excluding carboxylic acids is 3. The maximum absolute atomic E-state index is 12.9. The molecule has 0 saturated heterocycles. The molecule has 1 aromatic heterocycles. The summed E-state index contributed by atoms with van der Waals surface area (Å²) < 4.78 is 1.99. The van der Waals surface area contributed by atoms with Crippen molar-refractivity contribution in [2.24, 2.45) is 5.92 Å². The van der Waals surface area contributed by atoms with Gasteiger partial charge in [0, 0.05) is 42.0 Å². The van der Waals surface area contributed by atoms with Crippen LogP contribution in [-0.4, -0.2) is 34.8 Å². The van der Waals surface area contributed by atoms with Crippen molar-refractivity contribution in [3.8, 4) is 0 Å². The molecule has 0 bridgehead atoms. The maximum Gasteiger partial charge on any atom is 0.268 e. The minimum absolute atomic E-state index is 0.0586. The van der Waals surface area contributed by atoms with Crippen LogP contribution in [0.1, 0.15) is 65.8 Å². The van der Waals surface area contributed by atoms with Crippen molar-refractivity contribution in [1.29, 1.82) is 0 Å². The summed E-state index contributed by atoms with van der Waals surface area (Å²) in [7, 11) is 0. The van der Waals surface area contributed by atoms with E-state index in [9.17, 15) is 14.4 Å². The first-order chi connectivity index (χ1) is 14.5. The summed E-state index contributed by atoms with van der Waals surface area (Å²) in [5, 5.41) is 7.04. The molecule has 2 heterocycles. The average Bonchev–Trinajstić information content (AvgIpc) is 3.10. The van der Waals surface area contributed by atoms with Crippen LogP contribution in [0.25, 0.3) is 10.9 Å². The minimum atomic E-state index is -0.0638. The van der Waals surface area contributed by atoms with Crippen molar-refractivity contribution in [3.63, 3.8) is 0 Å². The molecule has 6 nitrogen and oxygen atoms in total. The number of amides is 2. The number of carbonyl (C=O) groups is 3. The number of benzene rings is 1. The fraction of sp³-hybridized carbons (Fsp3) is 0.458. The van der Waals surface area contributed by atoms with Crippen LogP contribution in [-0.2, 0) is 11.3 Å². The zero-order valence-corrected chi connectivity index (χ0v) is 17.3. The van der Waals surface area contributed by atoms with Crippen LogP contribution >= 0.6 is 0 Å². The molecule has 2 amide bonds. The zero-order valence-electron chi connectivity index (χ0n) is 17.3. The number of ketones is 1. The molecule has 2 N–H and O–H groups in total.